The molecule has 0 aliphatic rings. The van der Waals surface area contributed by atoms with Gasteiger partial charge in [-0.1, -0.05) is 11.8 Å². The number of aromatic nitrogens is 2. The van der Waals surface area contributed by atoms with E-state index in [1.54, 1.807) is 11.8 Å². The van der Waals surface area contributed by atoms with Crippen LogP contribution in [0.1, 0.15) is 6.92 Å². The van der Waals surface area contributed by atoms with E-state index >= 15 is 0 Å². The van der Waals surface area contributed by atoms with Gasteiger partial charge in [0.05, 0.1) is 24.2 Å². The minimum Gasteiger partial charge on any atom is -0.494 e. The Labute approximate surface area is 116 Å². The number of fused-ring (bicyclic) bond motifs is 1. The maximum Gasteiger partial charge on any atom is 0.166 e. The van der Waals surface area contributed by atoms with E-state index in [4.69, 9.17) is 9.84 Å². The monoisotopic (exact) mass is 281 g/mol. The van der Waals surface area contributed by atoms with Crippen molar-refractivity contribution in [2.24, 2.45) is 0 Å². The summed E-state index contributed by atoms with van der Waals surface area (Å²) in [5.41, 5.74) is 1.90. The van der Waals surface area contributed by atoms with E-state index in [-0.39, 0.29) is 12.6 Å². The molecule has 5 nitrogen and oxygen atoms in total. The van der Waals surface area contributed by atoms with Crippen molar-refractivity contribution in [2.75, 3.05) is 26.0 Å². The van der Waals surface area contributed by atoms with Crippen LogP contribution in [0.5, 0.6) is 5.75 Å². The molecule has 2 aromatic rings. The van der Waals surface area contributed by atoms with E-state index in [2.05, 4.69) is 15.3 Å². The molecular weight excluding hydrogens is 262 g/mol. The fourth-order valence-electron chi connectivity index (χ4n) is 1.70. The van der Waals surface area contributed by atoms with Gasteiger partial charge in [-0.2, -0.15) is 0 Å². The summed E-state index contributed by atoms with van der Waals surface area (Å²) in [4.78, 5) is 7.76. The van der Waals surface area contributed by atoms with Crippen LogP contribution < -0.4 is 10.1 Å². The number of ether oxygens (including phenoxy) is 1. The van der Waals surface area contributed by atoms with Crippen molar-refractivity contribution in [3.05, 3.63) is 18.2 Å². The van der Waals surface area contributed by atoms with Crippen molar-refractivity contribution in [3.63, 3.8) is 0 Å². The van der Waals surface area contributed by atoms with E-state index in [1.165, 1.54) is 0 Å². The summed E-state index contributed by atoms with van der Waals surface area (Å²) in [7, 11) is 1.84. The highest BCUT2D eigenvalue weighted by molar-refractivity contribution is 7.99. The normalized spacial score (nSPS) is 12.8. The quantitative estimate of drug-likeness (QED) is 0.673. The third kappa shape index (κ3) is 3.62. The Hall–Kier alpha value is -1.24. The number of likely N-dealkylation sites (N-methyl/N-ethyl adjacent to an activating group) is 1. The molecule has 0 amide bonds. The third-order valence-corrected chi connectivity index (χ3v) is 3.83. The van der Waals surface area contributed by atoms with Gasteiger partial charge in [0.1, 0.15) is 5.75 Å². The van der Waals surface area contributed by atoms with Crippen LogP contribution in [0.25, 0.3) is 11.0 Å². The van der Waals surface area contributed by atoms with E-state index in [0.29, 0.717) is 6.61 Å². The predicted molar refractivity (Wildman–Crippen MR) is 77.9 cm³/mol. The molecule has 104 valence electrons. The first kappa shape index (κ1) is 14.2. The van der Waals surface area contributed by atoms with Crippen LogP contribution in [-0.4, -0.2) is 47.1 Å². The molecule has 6 heteroatoms. The van der Waals surface area contributed by atoms with Crippen molar-refractivity contribution in [1.82, 2.24) is 15.3 Å². The van der Waals surface area contributed by atoms with Crippen molar-refractivity contribution in [2.45, 2.75) is 18.1 Å². The molecule has 3 N–H and O–H groups in total. The van der Waals surface area contributed by atoms with Crippen LogP contribution in [0.2, 0.25) is 0 Å². The highest BCUT2D eigenvalue weighted by Gasteiger charge is 2.08. The number of imidazole rings is 1. The Balaban J connectivity index is 2.08. The van der Waals surface area contributed by atoms with Gasteiger partial charge in [-0.05, 0) is 26.1 Å². The molecule has 0 spiro atoms. The summed E-state index contributed by atoms with van der Waals surface area (Å²) in [6, 6.07) is 5.91. The SMILES string of the molecule is CCOc1ccc2nc(SCC(CO)NC)[nH]c2c1. The molecule has 2 rings (SSSR count). The second-order valence-corrected chi connectivity index (χ2v) is 5.14. The minimum atomic E-state index is 0.0807. The van der Waals surface area contributed by atoms with E-state index in [9.17, 15) is 0 Å². The number of aliphatic hydroxyl groups is 1. The first-order valence-electron chi connectivity index (χ1n) is 6.30. The lowest BCUT2D eigenvalue weighted by molar-refractivity contribution is 0.260. The number of rotatable bonds is 7. The second kappa shape index (κ2) is 6.79. The summed E-state index contributed by atoms with van der Waals surface area (Å²) < 4.78 is 5.46. The molecule has 0 radical (unpaired) electrons. The lowest BCUT2D eigenvalue weighted by atomic mass is 10.3. The summed E-state index contributed by atoms with van der Waals surface area (Å²) >= 11 is 1.59. The molecule has 0 saturated carbocycles. The zero-order chi connectivity index (χ0) is 13.7. The van der Waals surface area contributed by atoms with Crippen LogP contribution >= 0.6 is 11.8 Å². The van der Waals surface area contributed by atoms with Gasteiger partial charge < -0.3 is 20.1 Å². The minimum absolute atomic E-state index is 0.0807. The lowest BCUT2D eigenvalue weighted by Gasteiger charge is -2.10. The zero-order valence-electron chi connectivity index (χ0n) is 11.1. The fourth-order valence-corrected chi connectivity index (χ4v) is 2.67. The van der Waals surface area contributed by atoms with Crippen LogP contribution in [0.15, 0.2) is 23.4 Å². The molecule has 1 heterocycles. The Morgan fingerprint density at radius 2 is 2.37 bits per heavy atom. The maximum absolute atomic E-state index is 9.12. The number of aromatic amines is 1. The van der Waals surface area contributed by atoms with Crippen LogP contribution in [0.4, 0.5) is 0 Å². The van der Waals surface area contributed by atoms with Crippen molar-refractivity contribution < 1.29 is 9.84 Å². The summed E-state index contributed by atoms with van der Waals surface area (Å²) in [6.07, 6.45) is 0. The van der Waals surface area contributed by atoms with Gasteiger partial charge in [-0.15, -0.1) is 0 Å². The smallest absolute Gasteiger partial charge is 0.166 e. The summed E-state index contributed by atoms with van der Waals surface area (Å²) in [6.45, 7) is 2.74. The van der Waals surface area contributed by atoms with Gasteiger partial charge in [-0.25, -0.2) is 4.98 Å². The molecule has 1 aromatic carbocycles. The summed E-state index contributed by atoms with van der Waals surface area (Å²) in [5.74, 6) is 1.61. The van der Waals surface area contributed by atoms with Gasteiger partial charge in [0.25, 0.3) is 0 Å². The Morgan fingerprint density at radius 3 is 3.05 bits per heavy atom. The van der Waals surface area contributed by atoms with Gasteiger partial charge >= 0.3 is 0 Å². The van der Waals surface area contributed by atoms with Gasteiger partial charge in [0, 0.05) is 17.9 Å². The van der Waals surface area contributed by atoms with Crippen molar-refractivity contribution in [1.29, 1.82) is 0 Å². The number of hydrogen-bond donors (Lipinski definition) is 3. The van der Waals surface area contributed by atoms with E-state index in [1.807, 2.05) is 32.2 Å². The molecule has 19 heavy (non-hydrogen) atoms. The van der Waals surface area contributed by atoms with Gasteiger partial charge in [0.2, 0.25) is 0 Å². The highest BCUT2D eigenvalue weighted by Crippen LogP contribution is 2.23. The number of H-pyrrole nitrogens is 1. The average Bonchev–Trinajstić information content (AvgIpc) is 2.82. The predicted octanol–water partition coefficient (Wildman–Crippen LogP) is 1.63. The standard InChI is InChI=1S/C13H19N3O2S/c1-3-18-10-4-5-11-12(6-10)16-13(15-11)19-8-9(7-17)14-2/h4-6,9,14,17H,3,7-8H2,1-2H3,(H,15,16). The first-order chi connectivity index (χ1) is 9.26. The zero-order valence-corrected chi connectivity index (χ0v) is 12.0. The topological polar surface area (TPSA) is 70.2 Å². The summed E-state index contributed by atoms with van der Waals surface area (Å²) in [5, 5.41) is 13.0. The number of nitrogens with zero attached hydrogens (tertiary/aromatic N) is 1. The molecule has 1 unspecified atom stereocenters. The van der Waals surface area contributed by atoms with Crippen molar-refractivity contribution >= 4 is 22.8 Å². The number of benzene rings is 1. The van der Waals surface area contributed by atoms with Crippen LogP contribution in [-0.2, 0) is 0 Å². The Morgan fingerprint density at radius 1 is 1.53 bits per heavy atom. The molecule has 0 aliphatic carbocycles. The highest BCUT2D eigenvalue weighted by atomic mass is 32.2. The van der Waals surface area contributed by atoms with Crippen molar-refractivity contribution in [3.8, 4) is 5.75 Å². The fraction of sp³-hybridized carbons (Fsp3) is 0.462. The molecule has 1 atom stereocenters. The van der Waals surface area contributed by atoms with Crippen LogP contribution in [0.3, 0.4) is 0 Å². The Bertz CT molecular complexity index is 526. The second-order valence-electron chi connectivity index (χ2n) is 4.13. The lowest BCUT2D eigenvalue weighted by Crippen LogP contribution is -2.31. The van der Waals surface area contributed by atoms with E-state index < -0.39 is 0 Å². The number of aliphatic hydroxyl groups excluding tert-OH is 1. The number of hydrogen-bond acceptors (Lipinski definition) is 5. The molecule has 1 aromatic heterocycles. The number of thioether (sulfide) groups is 1. The van der Waals surface area contributed by atoms with Gasteiger partial charge in [-0.3, -0.25) is 0 Å². The molecular formula is C13H19N3O2S. The third-order valence-electron chi connectivity index (χ3n) is 2.79. The molecule has 0 fully saturated rings. The molecule has 0 aliphatic heterocycles. The average molecular weight is 281 g/mol. The Kier molecular flexibility index (Phi) is 5.07. The van der Waals surface area contributed by atoms with Crippen LogP contribution in [0, 0.1) is 0 Å². The van der Waals surface area contributed by atoms with Gasteiger partial charge in [0.15, 0.2) is 5.16 Å². The molecule has 0 saturated heterocycles. The number of nitrogens with one attached hydrogen (secondary N) is 2. The largest absolute Gasteiger partial charge is 0.494 e. The van der Waals surface area contributed by atoms with E-state index in [0.717, 1.165) is 27.7 Å². The maximum atomic E-state index is 9.12. The molecule has 0 bridgehead atoms. The first-order valence-corrected chi connectivity index (χ1v) is 7.28.